The van der Waals surface area contributed by atoms with E-state index < -0.39 is 10.3 Å². The van der Waals surface area contributed by atoms with Gasteiger partial charge in [-0.2, -0.15) is 13.6 Å². The average Bonchev–Trinajstić information content (AvgIpc) is 2.63. The van der Waals surface area contributed by atoms with Crippen LogP contribution in [-0.4, -0.2) is 21.0 Å². The first-order valence-electron chi connectivity index (χ1n) is 10.4. The second kappa shape index (κ2) is 14.4. The predicted molar refractivity (Wildman–Crippen MR) is 111 cm³/mol. The molecule has 2 N–H and O–H groups in total. The van der Waals surface area contributed by atoms with Gasteiger partial charge in [0.15, 0.2) is 0 Å². The molecule has 0 unspecified atom stereocenters. The van der Waals surface area contributed by atoms with Crippen LogP contribution >= 0.6 is 0 Å². The van der Waals surface area contributed by atoms with Crippen molar-refractivity contribution in [3.63, 3.8) is 0 Å². The number of hydrogen-bond acceptors (Lipinski definition) is 5. The molecule has 0 heterocycles. The number of hydrogen-bond donors (Lipinski definition) is 1. The summed E-state index contributed by atoms with van der Waals surface area (Å²) in [6.45, 7) is 2.55. The number of esters is 1. The van der Waals surface area contributed by atoms with Gasteiger partial charge in [-0.3, -0.25) is 4.79 Å². The molecule has 28 heavy (non-hydrogen) atoms. The van der Waals surface area contributed by atoms with Crippen LogP contribution in [0.2, 0.25) is 0 Å². The molecule has 0 bridgehead atoms. The fourth-order valence-corrected chi connectivity index (χ4v) is 3.34. The van der Waals surface area contributed by atoms with Gasteiger partial charge in [0.25, 0.3) is 0 Å². The highest BCUT2D eigenvalue weighted by molar-refractivity contribution is 7.84. The highest BCUT2D eigenvalue weighted by Crippen LogP contribution is 2.14. The third-order valence-corrected chi connectivity index (χ3v) is 4.95. The van der Waals surface area contributed by atoms with E-state index in [4.69, 9.17) is 9.88 Å². The maximum atomic E-state index is 11.8. The third-order valence-electron chi connectivity index (χ3n) is 4.52. The molecule has 0 fully saturated rings. The van der Waals surface area contributed by atoms with E-state index in [2.05, 4.69) is 11.1 Å². The van der Waals surface area contributed by atoms with Gasteiger partial charge in [-0.25, -0.2) is 0 Å². The second-order valence-electron chi connectivity index (χ2n) is 7.12. The minimum atomic E-state index is -4.01. The molecule has 0 saturated heterocycles. The number of carbonyl (C=O) groups excluding carboxylic acids is 1. The first-order valence-corrected chi connectivity index (χ1v) is 11.8. The van der Waals surface area contributed by atoms with Crippen LogP contribution < -0.4 is 9.32 Å². The van der Waals surface area contributed by atoms with Crippen molar-refractivity contribution in [2.45, 2.75) is 84.0 Å². The first-order chi connectivity index (χ1) is 13.4. The standard InChI is InChI=1S/C21H35NO5S/c1-2-3-4-5-6-7-8-9-10-11-12-21(23)26-18-17-19-13-15-20(16-14-19)27-28(22,24)25/h13-16H,2-12,17-18H2,1H3,(H2,22,24,25). The van der Waals surface area contributed by atoms with Crippen LogP contribution in [0, 0.1) is 0 Å². The Kier molecular flexibility index (Phi) is 12.6. The van der Waals surface area contributed by atoms with E-state index in [1.54, 1.807) is 12.1 Å². The maximum absolute atomic E-state index is 11.8. The molecular formula is C21H35NO5S. The van der Waals surface area contributed by atoms with Crippen molar-refractivity contribution in [3.05, 3.63) is 29.8 Å². The second-order valence-corrected chi connectivity index (χ2v) is 8.27. The van der Waals surface area contributed by atoms with Crippen LogP contribution in [-0.2, 0) is 26.3 Å². The molecule has 7 heteroatoms. The lowest BCUT2D eigenvalue weighted by Crippen LogP contribution is -2.18. The zero-order chi connectivity index (χ0) is 20.7. The van der Waals surface area contributed by atoms with Crippen molar-refractivity contribution in [2.75, 3.05) is 6.61 Å². The number of unbranched alkanes of at least 4 members (excludes halogenated alkanes) is 9. The molecule has 0 aliphatic carbocycles. The van der Waals surface area contributed by atoms with E-state index >= 15 is 0 Å². The van der Waals surface area contributed by atoms with Crippen LogP contribution in [0.15, 0.2) is 24.3 Å². The molecule has 0 aliphatic rings. The van der Waals surface area contributed by atoms with Crippen molar-refractivity contribution in [2.24, 2.45) is 5.14 Å². The lowest BCUT2D eigenvalue weighted by Gasteiger charge is -2.06. The quantitative estimate of drug-likeness (QED) is 0.314. The molecule has 0 aromatic heterocycles. The van der Waals surface area contributed by atoms with Crippen molar-refractivity contribution in [1.82, 2.24) is 0 Å². The van der Waals surface area contributed by atoms with Crippen molar-refractivity contribution < 1.29 is 22.1 Å². The Bertz CT molecular complexity index is 643. The smallest absolute Gasteiger partial charge is 0.380 e. The highest BCUT2D eigenvalue weighted by atomic mass is 32.2. The van der Waals surface area contributed by atoms with Crippen LogP contribution in [0.4, 0.5) is 0 Å². The zero-order valence-corrected chi connectivity index (χ0v) is 17.8. The normalized spacial score (nSPS) is 11.4. The Labute approximate surface area is 170 Å². The minimum Gasteiger partial charge on any atom is -0.465 e. The summed E-state index contributed by atoms with van der Waals surface area (Å²) in [6, 6.07) is 6.48. The van der Waals surface area contributed by atoms with Crippen molar-refractivity contribution >= 4 is 16.3 Å². The van der Waals surface area contributed by atoms with Gasteiger partial charge >= 0.3 is 16.3 Å². The van der Waals surface area contributed by atoms with Crippen molar-refractivity contribution in [3.8, 4) is 5.75 Å². The van der Waals surface area contributed by atoms with Gasteiger partial charge in [-0.05, 0) is 24.1 Å². The maximum Gasteiger partial charge on any atom is 0.380 e. The summed E-state index contributed by atoms with van der Waals surface area (Å²) in [7, 11) is -4.01. The summed E-state index contributed by atoms with van der Waals surface area (Å²) in [6.07, 6.45) is 13.4. The van der Waals surface area contributed by atoms with Crippen molar-refractivity contribution in [1.29, 1.82) is 0 Å². The molecular weight excluding hydrogens is 378 g/mol. The minimum absolute atomic E-state index is 0.157. The van der Waals surface area contributed by atoms with E-state index in [-0.39, 0.29) is 11.7 Å². The summed E-state index contributed by atoms with van der Waals surface area (Å²) >= 11 is 0. The number of carbonyl (C=O) groups is 1. The zero-order valence-electron chi connectivity index (χ0n) is 17.0. The highest BCUT2D eigenvalue weighted by Gasteiger charge is 2.06. The molecule has 1 aromatic carbocycles. The Balaban J connectivity index is 2.02. The Morgan fingerprint density at radius 1 is 0.893 bits per heavy atom. The molecule has 0 aliphatic heterocycles. The third kappa shape index (κ3) is 13.6. The van der Waals surface area contributed by atoms with Gasteiger partial charge in [0.05, 0.1) is 6.61 Å². The fraction of sp³-hybridized carbons (Fsp3) is 0.667. The Morgan fingerprint density at radius 3 is 1.96 bits per heavy atom. The van der Waals surface area contributed by atoms with Gasteiger partial charge in [0.1, 0.15) is 5.75 Å². The summed E-state index contributed by atoms with van der Waals surface area (Å²) in [4.78, 5) is 11.8. The number of ether oxygens (including phenoxy) is 1. The molecule has 6 nitrogen and oxygen atoms in total. The molecule has 0 spiro atoms. The Hall–Kier alpha value is -1.60. The van der Waals surface area contributed by atoms with E-state index in [1.807, 2.05) is 0 Å². The molecule has 0 amide bonds. The average molecular weight is 414 g/mol. The topological polar surface area (TPSA) is 95.7 Å². The Morgan fingerprint density at radius 2 is 1.43 bits per heavy atom. The van der Waals surface area contributed by atoms with E-state index in [0.29, 0.717) is 19.4 Å². The summed E-state index contributed by atoms with van der Waals surface area (Å²) in [5.74, 6) is -0.00190. The fourth-order valence-electron chi connectivity index (χ4n) is 2.96. The summed E-state index contributed by atoms with van der Waals surface area (Å²) < 4.78 is 31.5. The van der Waals surface area contributed by atoms with E-state index in [1.165, 1.54) is 63.5 Å². The molecule has 0 atom stereocenters. The van der Waals surface area contributed by atoms with E-state index in [9.17, 15) is 13.2 Å². The molecule has 1 aromatic rings. The molecule has 0 saturated carbocycles. The van der Waals surface area contributed by atoms with Crippen LogP contribution in [0.5, 0.6) is 5.75 Å². The monoisotopic (exact) mass is 413 g/mol. The number of nitrogens with two attached hydrogens (primary N) is 1. The predicted octanol–water partition coefficient (Wildman–Crippen LogP) is 4.67. The molecule has 0 radical (unpaired) electrons. The number of benzene rings is 1. The van der Waals surface area contributed by atoms with Crippen LogP contribution in [0.3, 0.4) is 0 Å². The largest absolute Gasteiger partial charge is 0.465 e. The first kappa shape index (κ1) is 24.4. The van der Waals surface area contributed by atoms with E-state index in [0.717, 1.165) is 18.4 Å². The van der Waals surface area contributed by atoms with Gasteiger partial charge in [-0.15, -0.1) is 0 Å². The van der Waals surface area contributed by atoms with Crippen LogP contribution in [0.1, 0.15) is 83.1 Å². The summed E-state index contributed by atoms with van der Waals surface area (Å²) in [5, 5.41) is 4.81. The SMILES string of the molecule is CCCCCCCCCCCCC(=O)OCCc1ccc(OS(N)(=O)=O)cc1. The lowest BCUT2D eigenvalue weighted by atomic mass is 10.1. The van der Waals surface area contributed by atoms with Gasteiger partial charge in [0, 0.05) is 12.8 Å². The molecule has 160 valence electrons. The summed E-state index contributed by atoms with van der Waals surface area (Å²) in [5.41, 5.74) is 0.925. The van der Waals surface area contributed by atoms with Gasteiger partial charge in [-0.1, -0.05) is 76.8 Å². The van der Waals surface area contributed by atoms with Gasteiger partial charge in [0.2, 0.25) is 0 Å². The number of rotatable bonds is 16. The molecule has 1 rings (SSSR count). The lowest BCUT2D eigenvalue weighted by molar-refractivity contribution is -0.143. The van der Waals surface area contributed by atoms with Gasteiger partial charge < -0.3 is 8.92 Å². The van der Waals surface area contributed by atoms with Crippen LogP contribution in [0.25, 0.3) is 0 Å².